The van der Waals surface area contributed by atoms with Gasteiger partial charge in [-0.3, -0.25) is 4.79 Å². The first-order chi connectivity index (χ1) is 10.7. The van der Waals surface area contributed by atoms with Crippen molar-refractivity contribution in [3.05, 3.63) is 60.1 Å². The van der Waals surface area contributed by atoms with Gasteiger partial charge in [0.1, 0.15) is 17.4 Å². The van der Waals surface area contributed by atoms with Crippen LogP contribution in [0.4, 0.5) is 0 Å². The Kier molecular flexibility index (Phi) is 3.67. The summed E-state index contributed by atoms with van der Waals surface area (Å²) < 4.78 is 10.5. The minimum atomic E-state index is -0.771. The van der Waals surface area contributed by atoms with E-state index in [-0.39, 0.29) is 11.8 Å². The Labute approximate surface area is 127 Å². The second-order valence-corrected chi connectivity index (χ2v) is 4.95. The summed E-state index contributed by atoms with van der Waals surface area (Å²) in [7, 11) is 1.59. The van der Waals surface area contributed by atoms with Crippen molar-refractivity contribution in [1.29, 1.82) is 5.26 Å². The average molecular weight is 294 g/mol. The minimum absolute atomic E-state index is 0.322. The second kappa shape index (κ2) is 5.78. The van der Waals surface area contributed by atoms with E-state index in [0.717, 1.165) is 11.3 Å². The maximum absolute atomic E-state index is 12.2. The molecule has 1 aromatic carbocycles. The first-order valence-electron chi connectivity index (χ1n) is 6.83. The quantitative estimate of drug-likeness (QED) is 0.944. The van der Waals surface area contributed by atoms with Crippen LogP contribution in [0, 0.1) is 17.2 Å². The molecule has 22 heavy (non-hydrogen) atoms. The van der Waals surface area contributed by atoms with Gasteiger partial charge in [-0.2, -0.15) is 5.26 Å². The first kappa shape index (κ1) is 14.0. The number of carbonyl (C=O) groups is 1. The van der Waals surface area contributed by atoms with Crippen LogP contribution < -0.4 is 10.1 Å². The third-order valence-corrected chi connectivity index (χ3v) is 3.67. The molecule has 1 aliphatic rings. The smallest absolute Gasteiger partial charge is 0.242 e. The number of benzene rings is 1. The molecule has 0 aliphatic carbocycles. The fourth-order valence-corrected chi connectivity index (χ4v) is 2.52. The van der Waals surface area contributed by atoms with Gasteiger partial charge in [0.05, 0.1) is 25.1 Å². The zero-order valence-electron chi connectivity index (χ0n) is 11.9. The Morgan fingerprint density at radius 1 is 1.27 bits per heavy atom. The summed E-state index contributed by atoms with van der Waals surface area (Å²) in [6, 6.07) is 13.0. The molecule has 0 spiro atoms. The van der Waals surface area contributed by atoms with Gasteiger partial charge in [-0.05, 0) is 35.9 Å². The van der Waals surface area contributed by atoms with Gasteiger partial charge in [0.25, 0.3) is 0 Å². The van der Waals surface area contributed by atoms with E-state index in [1.54, 1.807) is 25.5 Å². The van der Waals surface area contributed by atoms with Crippen LogP contribution in [0.2, 0.25) is 0 Å². The molecule has 110 valence electrons. The van der Waals surface area contributed by atoms with Gasteiger partial charge in [0, 0.05) is 5.92 Å². The number of amides is 1. The molecule has 2 heterocycles. The number of nitriles is 1. The number of furan rings is 1. The van der Waals surface area contributed by atoms with E-state index in [4.69, 9.17) is 9.15 Å². The number of hydrogen-bond donors (Lipinski definition) is 1. The van der Waals surface area contributed by atoms with Crippen LogP contribution in [0.3, 0.4) is 0 Å². The Hall–Kier alpha value is -3.00. The van der Waals surface area contributed by atoms with Gasteiger partial charge in [-0.15, -0.1) is 0 Å². The Morgan fingerprint density at radius 3 is 2.64 bits per heavy atom. The van der Waals surface area contributed by atoms with Gasteiger partial charge >= 0.3 is 0 Å². The molecule has 5 nitrogen and oxygen atoms in total. The summed E-state index contributed by atoms with van der Waals surface area (Å²) in [5.41, 5.74) is 1.47. The SMILES string of the molecule is COc1ccc([C@H]2C=C(c3ccco3)NC(=O)[C@@H]2C#N)cc1. The molecule has 5 heteroatoms. The molecule has 0 saturated heterocycles. The van der Waals surface area contributed by atoms with Crippen molar-refractivity contribution in [2.45, 2.75) is 5.92 Å². The van der Waals surface area contributed by atoms with Crippen molar-refractivity contribution in [3.8, 4) is 11.8 Å². The van der Waals surface area contributed by atoms with E-state index in [1.165, 1.54) is 0 Å². The highest BCUT2D eigenvalue weighted by Gasteiger charge is 2.33. The highest BCUT2D eigenvalue weighted by molar-refractivity contribution is 5.93. The van der Waals surface area contributed by atoms with E-state index in [2.05, 4.69) is 11.4 Å². The number of hydrogen-bond acceptors (Lipinski definition) is 4. The van der Waals surface area contributed by atoms with Crippen molar-refractivity contribution in [1.82, 2.24) is 5.32 Å². The van der Waals surface area contributed by atoms with Crippen LogP contribution in [0.5, 0.6) is 5.75 Å². The molecule has 0 radical (unpaired) electrons. The Balaban J connectivity index is 2.02. The third kappa shape index (κ3) is 2.47. The molecule has 1 aromatic heterocycles. The summed E-state index contributed by atoms with van der Waals surface area (Å²) in [6.07, 6.45) is 3.40. The third-order valence-electron chi connectivity index (χ3n) is 3.67. The molecule has 1 N–H and O–H groups in total. The van der Waals surface area contributed by atoms with Crippen LogP contribution in [0.15, 0.2) is 53.2 Å². The van der Waals surface area contributed by atoms with E-state index in [1.807, 2.05) is 30.3 Å². The molecule has 0 fully saturated rings. The lowest BCUT2D eigenvalue weighted by Crippen LogP contribution is -2.36. The summed E-state index contributed by atoms with van der Waals surface area (Å²) in [6.45, 7) is 0. The first-order valence-corrected chi connectivity index (χ1v) is 6.83. The van der Waals surface area contributed by atoms with Crippen molar-refractivity contribution in [2.75, 3.05) is 7.11 Å². The van der Waals surface area contributed by atoms with Crippen molar-refractivity contribution in [3.63, 3.8) is 0 Å². The predicted octanol–water partition coefficient (Wildman–Crippen LogP) is 2.68. The number of methoxy groups -OCH3 is 1. The highest BCUT2D eigenvalue weighted by atomic mass is 16.5. The molecule has 1 aliphatic heterocycles. The molecular formula is C17H14N2O3. The number of ether oxygens (including phenoxy) is 1. The second-order valence-electron chi connectivity index (χ2n) is 4.95. The molecule has 2 aromatic rings. The van der Waals surface area contributed by atoms with E-state index >= 15 is 0 Å². The lowest BCUT2D eigenvalue weighted by atomic mass is 9.83. The monoisotopic (exact) mass is 294 g/mol. The molecular weight excluding hydrogens is 280 g/mol. The Bertz CT molecular complexity index is 739. The number of rotatable bonds is 3. The highest BCUT2D eigenvalue weighted by Crippen LogP contribution is 2.33. The van der Waals surface area contributed by atoms with Crippen molar-refractivity contribution in [2.24, 2.45) is 5.92 Å². The summed E-state index contributed by atoms with van der Waals surface area (Å²) in [5.74, 6) is -0.120. The summed E-state index contributed by atoms with van der Waals surface area (Å²) >= 11 is 0. The Morgan fingerprint density at radius 2 is 2.05 bits per heavy atom. The topological polar surface area (TPSA) is 75.3 Å². The molecule has 1 amide bonds. The van der Waals surface area contributed by atoms with E-state index in [9.17, 15) is 10.1 Å². The summed E-state index contributed by atoms with van der Waals surface area (Å²) in [4.78, 5) is 12.2. The summed E-state index contributed by atoms with van der Waals surface area (Å²) in [5, 5.41) is 12.0. The van der Waals surface area contributed by atoms with E-state index in [0.29, 0.717) is 11.5 Å². The lowest BCUT2D eigenvalue weighted by Gasteiger charge is -2.25. The number of nitrogens with one attached hydrogen (secondary N) is 1. The molecule has 0 saturated carbocycles. The minimum Gasteiger partial charge on any atom is -0.497 e. The van der Waals surface area contributed by atoms with Crippen LogP contribution in [0.25, 0.3) is 5.70 Å². The molecule has 0 bridgehead atoms. The van der Waals surface area contributed by atoms with Gasteiger partial charge < -0.3 is 14.5 Å². The van der Waals surface area contributed by atoms with Crippen molar-refractivity contribution < 1.29 is 13.9 Å². The standard InChI is InChI=1S/C17H14N2O3/c1-21-12-6-4-11(5-7-12)13-9-15(16-3-2-8-22-16)19-17(20)14(13)10-18/h2-9,13-14H,1H3,(H,19,20)/t13-,14-/m1/s1. The van der Waals surface area contributed by atoms with Crippen LogP contribution in [-0.2, 0) is 4.79 Å². The lowest BCUT2D eigenvalue weighted by molar-refractivity contribution is -0.122. The van der Waals surface area contributed by atoms with Crippen LogP contribution >= 0.6 is 0 Å². The number of carbonyl (C=O) groups excluding carboxylic acids is 1. The average Bonchev–Trinajstić information content (AvgIpc) is 3.08. The van der Waals surface area contributed by atoms with E-state index < -0.39 is 5.92 Å². The van der Waals surface area contributed by atoms with Gasteiger partial charge in [-0.25, -0.2) is 0 Å². The zero-order chi connectivity index (χ0) is 15.5. The van der Waals surface area contributed by atoms with Gasteiger partial charge in [0.2, 0.25) is 5.91 Å². The predicted molar refractivity (Wildman–Crippen MR) is 79.7 cm³/mol. The van der Waals surface area contributed by atoms with Crippen LogP contribution in [0.1, 0.15) is 17.2 Å². The number of allylic oxidation sites excluding steroid dienone is 1. The molecule has 2 atom stereocenters. The molecule has 3 rings (SSSR count). The fraction of sp³-hybridized carbons (Fsp3) is 0.176. The maximum Gasteiger partial charge on any atom is 0.242 e. The largest absolute Gasteiger partial charge is 0.497 e. The van der Waals surface area contributed by atoms with Crippen LogP contribution in [-0.4, -0.2) is 13.0 Å². The fourth-order valence-electron chi connectivity index (χ4n) is 2.52. The zero-order valence-corrected chi connectivity index (χ0v) is 11.9. The van der Waals surface area contributed by atoms with Gasteiger partial charge in [0.15, 0.2) is 0 Å². The van der Waals surface area contributed by atoms with Gasteiger partial charge in [-0.1, -0.05) is 12.1 Å². The normalized spacial score (nSPS) is 20.7. The van der Waals surface area contributed by atoms with Crippen molar-refractivity contribution >= 4 is 11.6 Å². The number of nitrogens with zero attached hydrogens (tertiary/aromatic N) is 1. The maximum atomic E-state index is 12.2. The molecule has 0 unspecified atom stereocenters.